The fourth-order valence-corrected chi connectivity index (χ4v) is 5.75. The molecule has 0 aliphatic carbocycles. The van der Waals surface area contributed by atoms with Crippen molar-refractivity contribution in [3.05, 3.63) is 36.5 Å². The third kappa shape index (κ3) is 36.9. The van der Waals surface area contributed by atoms with Crippen LogP contribution >= 0.6 is 0 Å². The third-order valence-electron chi connectivity index (χ3n) is 8.91. The maximum absolute atomic E-state index is 12.2. The molecule has 0 rings (SSSR count). The quantitative estimate of drug-likeness (QED) is 0.0403. The van der Waals surface area contributed by atoms with E-state index in [9.17, 15) is 14.7 Å². The molecule has 0 fully saturated rings. The molecule has 0 spiro atoms. The first-order valence-corrected chi connectivity index (χ1v) is 20.5. The van der Waals surface area contributed by atoms with E-state index in [1.165, 1.54) is 128 Å². The molecule has 0 aromatic rings. The average Bonchev–Trinajstić information content (AvgIpc) is 3.09. The predicted molar refractivity (Wildman–Crippen MR) is 205 cm³/mol. The van der Waals surface area contributed by atoms with Crippen molar-refractivity contribution < 1.29 is 24.2 Å². The van der Waals surface area contributed by atoms with Crippen LogP contribution < -0.4 is 0 Å². The molecule has 0 saturated heterocycles. The standard InChI is InChI=1S/C43H78O5/c1-3-5-7-9-11-13-15-17-19-21-23-25-27-29-31-33-35-37-42(45)47-40-41(39-44)48-43(46)38-36-34-32-30-28-26-24-22-20-18-16-14-12-10-8-6-4-2/h11,13,17-20,41,44H,3-10,12,14-16,21-40H2,1-2H3/b13-11+,19-17+,20-18+/t41-/m0/s1. The van der Waals surface area contributed by atoms with Crippen LogP contribution in [0.3, 0.4) is 0 Å². The molecule has 0 aromatic heterocycles. The lowest BCUT2D eigenvalue weighted by molar-refractivity contribution is -0.161. The Hall–Kier alpha value is -1.88. The van der Waals surface area contributed by atoms with E-state index in [1.54, 1.807) is 0 Å². The molecule has 0 aliphatic rings. The summed E-state index contributed by atoms with van der Waals surface area (Å²) >= 11 is 0. The molecule has 0 saturated carbocycles. The zero-order chi connectivity index (χ0) is 35.0. The van der Waals surface area contributed by atoms with E-state index >= 15 is 0 Å². The summed E-state index contributed by atoms with van der Waals surface area (Å²) < 4.78 is 10.6. The first kappa shape index (κ1) is 46.1. The number of carbonyl (C=O) groups excluding carboxylic acids is 2. The van der Waals surface area contributed by atoms with Gasteiger partial charge in [-0.1, -0.05) is 159 Å². The van der Waals surface area contributed by atoms with E-state index in [1.807, 2.05) is 0 Å². The monoisotopic (exact) mass is 675 g/mol. The van der Waals surface area contributed by atoms with E-state index in [2.05, 4.69) is 50.3 Å². The van der Waals surface area contributed by atoms with Crippen molar-refractivity contribution in [1.82, 2.24) is 0 Å². The molecule has 0 aromatic carbocycles. The van der Waals surface area contributed by atoms with Crippen molar-refractivity contribution in [1.29, 1.82) is 0 Å². The highest BCUT2D eigenvalue weighted by Crippen LogP contribution is 2.13. The molecule has 0 radical (unpaired) electrons. The molecular formula is C43H78O5. The van der Waals surface area contributed by atoms with Gasteiger partial charge >= 0.3 is 11.9 Å². The Bertz CT molecular complexity index is 771. The van der Waals surface area contributed by atoms with Gasteiger partial charge in [-0.25, -0.2) is 0 Å². The minimum absolute atomic E-state index is 0.0704. The normalized spacial score (nSPS) is 12.5. The fourth-order valence-electron chi connectivity index (χ4n) is 5.75. The summed E-state index contributed by atoms with van der Waals surface area (Å²) in [6.45, 7) is 4.10. The summed E-state index contributed by atoms with van der Waals surface area (Å²) in [6.07, 6.45) is 47.7. The van der Waals surface area contributed by atoms with Crippen molar-refractivity contribution in [3.8, 4) is 0 Å². The highest BCUT2D eigenvalue weighted by Gasteiger charge is 2.16. The van der Waals surface area contributed by atoms with Gasteiger partial charge in [0.15, 0.2) is 6.10 Å². The molecule has 1 N–H and O–H groups in total. The lowest BCUT2D eigenvalue weighted by atomic mass is 10.1. The highest BCUT2D eigenvalue weighted by atomic mass is 16.6. The summed E-state index contributed by atoms with van der Waals surface area (Å²) in [5.41, 5.74) is 0. The Balaban J connectivity index is 3.56. The number of hydrogen-bond donors (Lipinski definition) is 1. The number of aliphatic hydroxyl groups excluding tert-OH is 1. The van der Waals surface area contributed by atoms with Gasteiger partial charge in [0.2, 0.25) is 0 Å². The van der Waals surface area contributed by atoms with Gasteiger partial charge in [-0.05, 0) is 70.6 Å². The molecule has 0 aliphatic heterocycles. The summed E-state index contributed by atoms with van der Waals surface area (Å²) in [5.74, 6) is -0.601. The SMILES string of the molecule is CCCCC/C=C/C/C=C/CCCCCCCCCC(=O)OC[C@H](CO)OC(=O)CCCCCCCCC/C=C/CCCCCCCC. The first-order chi connectivity index (χ1) is 23.6. The molecule has 48 heavy (non-hydrogen) atoms. The van der Waals surface area contributed by atoms with Crippen molar-refractivity contribution in [2.24, 2.45) is 0 Å². The number of hydrogen-bond acceptors (Lipinski definition) is 5. The molecule has 280 valence electrons. The Morgan fingerprint density at radius 3 is 1.29 bits per heavy atom. The van der Waals surface area contributed by atoms with Crippen LogP contribution in [0.5, 0.6) is 0 Å². The minimum Gasteiger partial charge on any atom is -0.462 e. The van der Waals surface area contributed by atoms with Crippen LogP contribution in [0, 0.1) is 0 Å². The van der Waals surface area contributed by atoms with Gasteiger partial charge in [-0.2, -0.15) is 0 Å². The van der Waals surface area contributed by atoms with Gasteiger partial charge in [0.05, 0.1) is 6.61 Å². The van der Waals surface area contributed by atoms with Crippen LogP contribution in [0.1, 0.15) is 206 Å². The van der Waals surface area contributed by atoms with Crippen LogP contribution in [0.15, 0.2) is 36.5 Å². The van der Waals surface area contributed by atoms with Gasteiger partial charge in [0.1, 0.15) is 6.61 Å². The minimum atomic E-state index is -0.775. The second-order valence-electron chi connectivity index (χ2n) is 13.7. The predicted octanol–water partition coefficient (Wildman–Crippen LogP) is 12.8. The number of rotatable bonds is 37. The lowest BCUT2D eigenvalue weighted by Crippen LogP contribution is -2.28. The summed E-state index contributed by atoms with van der Waals surface area (Å²) in [4.78, 5) is 24.3. The molecule has 0 heterocycles. The molecule has 0 amide bonds. The summed E-state index contributed by atoms with van der Waals surface area (Å²) in [6, 6.07) is 0. The van der Waals surface area contributed by atoms with Crippen molar-refractivity contribution in [2.75, 3.05) is 13.2 Å². The van der Waals surface area contributed by atoms with Crippen LogP contribution in [-0.4, -0.2) is 36.4 Å². The van der Waals surface area contributed by atoms with E-state index in [-0.39, 0.29) is 25.2 Å². The maximum Gasteiger partial charge on any atom is 0.306 e. The van der Waals surface area contributed by atoms with Crippen molar-refractivity contribution in [2.45, 2.75) is 213 Å². The van der Waals surface area contributed by atoms with Crippen molar-refractivity contribution >= 4 is 11.9 Å². The smallest absolute Gasteiger partial charge is 0.306 e. The molecule has 1 atom stereocenters. The van der Waals surface area contributed by atoms with Crippen molar-refractivity contribution in [3.63, 3.8) is 0 Å². The Labute approximate surface area is 297 Å². The number of allylic oxidation sites excluding steroid dienone is 6. The van der Waals surface area contributed by atoms with Gasteiger partial charge in [-0.3, -0.25) is 9.59 Å². The van der Waals surface area contributed by atoms with Crippen LogP contribution in [0.25, 0.3) is 0 Å². The Morgan fingerprint density at radius 1 is 0.479 bits per heavy atom. The second-order valence-corrected chi connectivity index (χ2v) is 13.7. The van der Waals surface area contributed by atoms with E-state index in [4.69, 9.17) is 9.47 Å². The van der Waals surface area contributed by atoms with Gasteiger partial charge in [-0.15, -0.1) is 0 Å². The number of ether oxygens (including phenoxy) is 2. The van der Waals surface area contributed by atoms with Gasteiger partial charge < -0.3 is 14.6 Å². The van der Waals surface area contributed by atoms with Gasteiger partial charge in [0.25, 0.3) is 0 Å². The second kappa shape index (κ2) is 39.6. The number of esters is 2. The van der Waals surface area contributed by atoms with Crippen LogP contribution in [0.2, 0.25) is 0 Å². The van der Waals surface area contributed by atoms with Crippen LogP contribution in [0.4, 0.5) is 0 Å². The molecule has 0 unspecified atom stereocenters. The number of aliphatic hydroxyl groups is 1. The molecule has 5 nitrogen and oxygen atoms in total. The molecule has 0 bridgehead atoms. The highest BCUT2D eigenvalue weighted by molar-refractivity contribution is 5.70. The largest absolute Gasteiger partial charge is 0.462 e. The topological polar surface area (TPSA) is 72.8 Å². The van der Waals surface area contributed by atoms with E-state index in [0.717, 1.165) is 51.4 Å². The Morgan fingerprint density at radius 2 is 0.833 bits per heavy atom. The fraction of sp³-hybridized carbons (Fsp3) is 0.814. The summed E-state index contributed by atoms with van der Waals surface area (Å²) in [5, 5.41) is 9.56. The lowest BCUT2D eigenvalue weighted by Gasteiger charge is -2.15. The molecular weight excluding hydrogens is 596 g/mol. The maximum atomic E-state index is 12.2. The molecule has 5 heteroatoms. The van der Waals surface area contributed by atoms with E-state index in [0.29, 0.717) is 12.8 Å². The summed E-state index contributed by atoms with van der Waals surface area (Å²) in [7, 11) is 0. The zero-order valence-corrected chi connectivity index (χ0v) is 31.7. The third-order valence-corrected chi connectivity index (χ3v) is 8.91. The number of carbonyl (C=O) groups is 2. The Kier molecular flexibility index (Phi) is 38.0. The number of unbranched alkanes of at least 4 members (excludes halogenated alkanes) is 23. The average molecular weight is 675 g/mol. The van der Waals surface area contributed by atoms with E-state index < -0.39 is 6.10 Å². The van der Waals surface area contributed by atoms with Gasteiger partial charge in [0, 0.05) is 12.8 Å². The first-order valence-electron chi connectivity index (χ1n) is 20.5. The van der Waals surface area contributed by atoms with Crippen LogP contribution in [-0.2, 0) is 19.1 Å². The zero-order valence-electron chi connectivity index (χ0n) is 31.7.